The van der Waals surface area contributed by atoms with Crippen LogP contribution in [0.25, 0.3) is 11.2 Å². The third-order valence-electron chi connectivity index (χ3n) is 2.24. The van der Waals surface area contributed by atoms with E-state index >= 15 is 0 Å². The van der Waals surface area contributed by atoms with Crippen molar-refractivity contribution in [1.82, 2.24) is 14.5 Å². The van der Waals surface area contributed by atoms with E-state index in [1.807, 2.05) is 4.57 Å². The first-order valence-electron chi connectivity index (χ1n) is 4.75. The Balaban J connectivity index is 2.38. The van der Waals surface area contributed by atoms with Crippen molar-refractivity contribution in [1.29, 1.82) is 0 Å². The van der Waals surface area contributed by atoms with Crippen molar-refractivity contribution >= 4 is 17.1 Å². The summed E-state index contributed by atoms with van der Waals surface area (Å²) in [5, 5.41) is 8.80. The highest BCUT2D eigenvalue weighted by atomic mass is 16.5. The third kappa shape index (κ3) is 1.87. The molecule has 0 aromatic carbocycles. The fourth-order valence-corrected chi connectivity index (χ4v) is 1.42. The Hall–Kier alpha value is -1.95. The highest BCUT2D eigenvalue weighted by Gasteiger charge is 2.08. The molecular formula is C10H11N3O3. The summed E-state index contributed by atoms with van der Waals surface area (Å²) in [6.45, 7) is 1.21. The Morgan fingerprint density at radius 2 is 2.38 bits per heavy atom. The number of fused-ring (bicyclic) bond motifs is 1. The van der Waals surface area contributed by atoms with E-state index in [-0.39, 0.29) is 5.56 Å². The minimum Gasteiger partial charge on any atom is -0.478 e. The van der Waals surface area contributed by atoms with Crippen molar-refractivity contribution in [2.75, 3.05) is 13.7 Å². The zero-order chi connectivity index (χ0) is 11.5. The molecule has 0 bridgehead atoms. The number of hydrogen-bond acceptors (Lipinski definition) is 4. The topological polar surface area (TPSA) is 77.2 Å². The van der Waals surface area contributed by atoms with Crippen LogP contribution in [0.15, 0.2) is 18.6 Å². The molecule has 6 heteroatoms. The van der Waals surface area contributed by atoms with Gasteiger partial charge in [0.15, 0.2) is 5.65 Å². The molecule has 1 N–H and O–H groups in total. The third-order valence-corrected chi connectivity index (χ3v) is 2.24. The second-order valence-corrected chi connectivity index (χ2v) is 3.30. The zero-order valence-corrected chi connectivity index (χ0v) is 8.75. The van der Waals surface area contributed by atoms with Crippen LogP contribution < -0.4 is 0 Å². The maximum atomic E-state index is 10.7. The van der Waals surface area contributed by atoms with Crippen molar-refractivity contribution in [3.05, 3.63) is 24.2 Å². The van der Waals surface area contributed by atoms with Crippen molar-refractivity contribution in [2.45, 2.75) is 6.54 Å². The minimum absolute atomic E-state index is 0.143. The quantitative estimate of drug-likeness (QED) is 0.825. The summed E-state index contributed by atoms with van der Waals surface area (Å²) >= 11 is 0. The predicted octanol–water partition coefficient (Wildman–Crippen LogP) is 0.776. The maximum absolute atomic E-state index is 10.7. The molecule has 2 aromatic rings. The summed E-state index contributed by atoms with van der Waals surface area (Å²) in [5.41, 5.74) is 1.39. The molecule has 0 atom stereocenters. The molecule has 0 spiro atoms. The molecule has 0 aliphatic rings. The average molecular weight is 221 g/mol. The van der Waals surface area contributed by atoms with Gasteiger partial charge in [-0.15, -0.1) is 0 Å². The van der Waals surface area contributed by atoms with Gasteiger partial charge >= 0.3 is 5.97 Å². The molecule has 0 fully saturated rings. The van der Waals surface area contributed by atoms with Crippen molar-refractivity contribution in [2.24, 2.45) is 0 Å². The number of nitrogens with zero attached hydrogens (tertiary/aromatic N) is 3. The molecule has 2 rings (SSSR count). The van der Waals surface area contributed by atoms with Gasteiger partial charge in [0.05, 0.1) is 18.5 Å². The van der Waals surface area contributed by atoms with E-state index in [2.05, 4.69) is 9.97 Å². The van der Waals surface area contributed by atoms with Crippen LogP contribution in [-0.2, 0) is 11.3 Å². The van der Waals surface area contributed by atoms with E-state index in [0.717, 1.165) is 0 Å². The van der Waals surface area contributed by atoms with Gasteiger partial charge in [-0.05, 0) is 6.07 Å². The number of rotatable bonds is 4. The fraction of sp³-hybridized carbons (Fsp3) is 0.300. The molecule has 2 heterocycles. The van der Waals surface area contributed by atoms with E-state index in [9.17, 15) is 4.79 Å². The second-order valence-electron chi connectivity index (χ2n) is 3.30. The van der Waals surface area contributed by atoms with E-state index in [0.29, 0.717) is 24.3 Å². The molecule has 0 aliphatic carbocycles. The number of pyridine rings is 1. The van der Waals surface area contributed by atoms with Gasteiger partial charge in [0, 0.05) is 19.9 Å². The van der Waals surface area contributed by atoms with E-state index in [1.165, 1.54) is 12.3 Å². The first kappa shape index (κ1) is 10.6. The van der Waals surface area contributed by atoms with Gasteiger partial charge in [-0.1, -0.05) is 0 Å². The van der Waals surface area contributed by atoms with Gasteiger partial charge in [-0.25, -0.2) is 14.8 Å². The molecule has 2 aromatic heterocycles. The molecular weight excluding hydrogens is 210 g/mol. The summed E-state index contributed by atoms with van der Waals surface area (Å²) in [6, 6.07) is 1.51. The summed E-state index contributed by atoms with van der Waals surface area (Å²) in [6.07, 6.45) is 2.96. The standard InChI is InChI=1S/C10H11N3O3/c1-16-3-2-13-6-12-8-4-7(10(14)15)5-11-9(8)13/h4-6H,2-3H2,1H3,(H,14,15). The van der Waals surface area contributed by atoms with Crippen LogP contribution in [0.4, 0.5) is 0 Å². The zero-order valence-electron chi connectivity index (χ0n) is 8.75. The Morgan fingerprint density at radius 1 is 1.56 bits per heavy atom. The average Bonchev–Trinajstić information content (AvgIpc) is 2.68. The summed E-state index contributed by atoms with van der Waals surface area (Å²) in [4.78, 5) is 18.9. The number of carbonyl (C=O) groups is 1. The van der Waals surface area contributed by atoms with Gasteiger partial charge in [-0.2, -0.15) is 0 Å². The lowest BCUT2D eigenvalue weighted by Crippen LogP contribution is -2.04. The fourth-order valence-electron chi connectivity index (χ4n) is 1.42. The number of carboxylic acid groups (broad SMARTS) is 1. The number of hydrogen-bond donors (Lipinski definition) is 1. The van der Waals surface area contributed by atoms with Crippen LogP contribution in [0.5, 0.6) is 0 Å². The smallest absolute Gasteiger partial charge is 0.337 e. The minimum atomic E-state index is -0.999. The van der Waals surface area contributed by atoms with Gasteiger partial charge < -0.3 is 14.4 Å². The molecule has 84 valence electrons. The van der Waals surface area contributed by atoms with Gasteiger partial charge in [0.2, 0.25) is 0 Å². The second kappa shape index (κ2) is 4.28. The molecule has 0 aliphatic heterocycles. The highest BCUT2D eigenvalue weighted by Crippen LogP contribution is 2.11. The molecule has 0 radical (unpaired) electrons. The molecule has 0 saturated heterocycles. The van der Waals surface area contributed by atoms with Crippen LogP contribution >= 0.6 is 0 Å². The molecule has 16 heavy (non-hydrogen) atoms. The van der Waals surface area contributed by atoms with E-state index < -0.39 is 5.97 Å². The summed E-state index contributed by atoms with van der Waals surface area (Å²) in [7, 11) is 1.62. The van der Waals surface area contributed by atoms with Gasteiger partial charge in [-0.3, -0.25) is 0 Å². The predicted molar refractivity (Wildman–Crippen MR) is 56.4 cm³/mol. The lowest BCUT2D eigenvalue weighted by Gasteiger charge is -2.01. The Labute approximate surface area is 91.5 Å². The number of ether oxygens (including phenoxy) is 1. The molecule has 0 unspecified atom stereocenters. The van der Waals surface area contributed by atoms with E-state index in [4.69, 9.17) is 9.84 Å². The van der Waals surface area contributed by atoms with Crippen molar-refractivity contribution < 1.29 is 14.6 Å². The molecule has 0 saturated carbocycles. The highest BCUT2D eigenvalue weighted by molar-refractivity contribution is 5.90. The summed E-state index contributed by atoms with van der Waals surface area (Å²) in [5.74, 6) is -0.999. The number of aromatic nitrogens is 3. The first-order valence-corrected chi connectivity index (χ1v) is 4.75. The normalized spacial score (nSPS) is 10.8. The number of methoxy groups -OCH3 is 1. The van der Waals surface area contributed by atoms with Crippen LogP contribution in [0.3, 0.4) is 0 Å². The van der Waals surface area contributed by atoms with Crippen LogP contribution in [0, 0.1) is 0 Å². The monoisotopic (exact) mass is 221 g/mol. The number of imidazole rings is 1. The van der Waals surface area contributed by atoms with Crippen molar-refractivity contribution in [3.63, 3.8) is 0 Å². The Bertz CT molecular complexity index is 521. The Kier molecular flexibility index (Phi) is 2.82. The van der Waals surface area contributed by atoms with Gasteiger partial charge in [0.25, 0.3) is 0 Å². The largest absolute Gasteiger partial charge is 0.478 e. The SMILES string of the molecule is COCCn1cnc2cc(C(=O)O)cnc21. The maximum Gasteiger partial charge on any atom is 0.337 e. The van der Waals surface area contributed by atoms with E-state index in [1.54, 1.807) is 13.4 Å². The van der Waals surface area contributed by atoms with Crippen LogP contribution in [0.2, 0.25) is 0 Å². The lowest BCUT2D eigenvalue weighted by molar-refractivity contribution is 0.0696. The number of aromatic carboxylic acids is 1. The van der Waals surface area contributed by atoms with Crippen molar-refractivity contribution in [3.8, 4) is 0 Å². The molecule has 6 nitrogen and oxygen atoms in total. The first-order chi connectivity index (χ1) is 7.72. The summed E-state index contributed by atoms with van der Waals surface area (Å²) < 4.78 is 6.78. The van der Waals surface area contributed by atoms with Crippen LogP contribution in [0.1, 0.15) is 10.4 Å². The lowest BCUT2D eigenvalue weighted by atomic mass is 10.3. The van der Waals surface area contributed by atoms with Gasteiger partial charge in [0.1, 0.15) is 5.52 Å². The molecule has 0 amide bonds. The van der Waals surface area contributed by atoms with Crippen LogP contribution in [-0.4, -0.2) is 39.3 Å². The Morgan fingerprint density at radius 3 is 3.06 bits per heavy atom. The number of carboxylic acids is 1.